The van der Waals surface area contributed by atoms with Crippen molar-refractivity contribution in [2.24, 2.45) is 0 Å². The Balaban J connectivity index is 1.60. The summed E-state index contributed by atoms with van der Waals surface area (Å²) in [6, 6.07) is 22.1. The second-order valence-electron chi connectivity index (χ2n) is 6.18. The van der Waals surface area contributed by atoms with E-state index in [-0.39, 0.29) is 0 Å². The summed E-state index contributed by atoms with van der Waals surface area (Å²) in [4.78, 5) is 7.98. The molecule has 26 heavy (non-hydrogen) atoms. The number of para-hydroxylation sites is 2. The maximum absolute atomic E-state index is 5.99. The standard InChI is InChI=1S/C22H20N2O2/c1-15-7-3-4-8-17(15)14-26-20-12-11-16(13-21(20)25-2)22-23-18-9-5-6-10-19(18)24-22/h3-13H,14H2,1-2H3,(H,23,24). The molecule has 0 fully saturated rings. The van der Waals surface area contributed by atoms with Gasteiger partial charge in [-0.05, 0) is 48.4 Å². The number of ether oxygens (including phenoxy) is 2. The van der Waals surface area contributed by atoms with Crippen LogP contribution in [0.15, 0.2) is 66.7 Å². The Morgan fingerprint density at radius 1 is 0.923 bits per heavy atom. The molecule has 0 radical (unpaired) electrons. The first kappa shape index (κ1) is 16.2. The highest BCUT2D eigenvalue weighted by Crippen LogP contribution is 2.33. The molecule has 1 aromatic heterocycles. The lowest BCUT2D eigenvalue weighted by Gasteiger charge is -2.13. The van der Waals surface area contributed by atoms with Gasteiger partial charge >= 0.3 is 0 Å². The fourth-order valence-corrected chi connectivity index (χ4v) is 2.95. The van der Waals surface area contributed by atoms with Crippen LogP contribution < -0.4 is 9.47 Å². The first-order valence-electron chi connectivity index (χ1n) is 8.55. The molecule has 0 aliphatic rings. The second-order valence-corrected chi connectivity index (χ2v) is 6.18. The Hall–Kier alpha value is -3.27. The average molecular weight is 344 g/mol. The predicted octanol–water partition coefficient (Wildman–Crippen LogP) is 5.13. The normalized spacial score (nSPS) is 10.8. The van der Waals surface area contributed by atoms with E-state index in [1.54, 1.807) is 7.11 Å². The molecular weight excluding hydrogens is 324 g/mol. The molecule has 4 aromatic rings. The molecule has 0 bridgehead atoms. The van der Waals surface area contributed by atoms with Crippen LogP contribution in [0.1, 0.15) is 11.1 Å². The minimum absolute atomic E-state index is 0.507. The highest BCUT2D eigenvalue weighted by molar-refractivity contribution is 5.79. The molecule has 4 nitrogen and oxygen atoms in total. The molecule has 0 spiro atoms. The second kappa shape index (κ2) is 6.92. The lowest BCUT2D eigenvalue weighted by molar-refractivity contribution is 0.284. The minimum Gasteiger partial charge on any atom is -0.493 e. The van der Waals surface area contributed by atoms with Gasteiger partial charge in [-0.2, -0.15) is 0 Å². The monoisotopic (exact) mass is 344 g/mol. The van der Waals surface area contributed by atoms with Gasteiger partial charge in [0.25, 0.3) is 0 Å². The molecular formula is C22H20N2O2. The number of aromatic nitrogens is 2. The highest BCUT2D eigenvalue weighted by atomic mass is 16.5. The Morgan fingerprint density at radius 3 is 2.54 bits per heavy atom. The maximum Gasteiger partial charge on any atom is 0.161 e. The zero-order valence-corrected chi connectivity index (χ0v) is 14.8. The van der Waals surface area contributed by atoms with E-state index in [2.05, 4.69) is 29.0 Å². The van der Waals surface area contributed by atoms with Crippen LogP contribution in [0, 0.1) is 6.92 Å². The Labute approximate surface area is 152 Å². The number of benzene rings is 3. The summed E-state index contributed by atoms with van der Waals surface area (Å²) in [6.45, 7) is 2.59. The van der Waals surface area contributed by atoms with Gasteiger partial charge in [0.2, 0.25) is 0 Å². The molecule has 4 heteroatoms. The zero-order valence-electron chi connectivity index (χ0n) is 14.8. The average Bonchev–Trinajstić information content (AvgIpc) is 3.11. The lowest BCUT2D eigenvalue weighted by atomic mass is 10.1. The SMILES string of the molecule is COc1cc(-c2nc3ccccc3[nH]2)ccc1OCc1ccccc1C. The van der Waals surface area contributed by atoms with Gasteiger partial charge in [0, 0.05) is 5.56 Å². The van der Waals surface area contributed by atoms with Gasteiger partial charge in [-0.15, -0.1) is 0 Å². The van der Waals surface area contributed by atoms with Crippen molar-refractivity contribution in [3.8, 4) is 22.9 Å². The van der Waals surface area contributed by atoms with Crippen LogP contribution in [0.5, 0.6) is 11.5 Å². The molecule has 1 N–H and O–H groups in total. The topological polar surface area (TPSA) is 47.1 Å². The summed E-state index contributed by atoms with van der Waals surface area (Å²) >= 11 is 0. The molecule has 0 aliphatic heterocycles. The van der Waals surface area contributed by atoms with Crippen molar-refractivity contribution in [1.29, 1.82) is 0 Å². The first-order valence-corrected chi connectivity index (χ1v) is 8.55. The number of H-pyrrole nitrogens is 1. The van der Waals surface area contributed by atoms with E-state index in [4.69, 9.17) is 9.47 Å². The summed E-state index contributed by atoms with van der Waals surface area (Å²) in [5.74, 6) is 2.22. The van der Waals surface area contributed by atoms with E-state index < -0.39 is 0 Å². The number of imidazole rings is 1. The number of nitrogens with zero attached hydrogens (tertiary/aromatic N) is 1. The van der Waals surface area contributed by atoms with Crippen molar-refractivity contribution in [3.63, 3.8) is 0 Å². The van der Waals surface area contributed by atoms with Crippen molar-refractivity contribution in [2.45, 2.75) is 13.5 Å². The molecule has 3 aromatic carbocycles. The molecule has 4 rings (SSSR count). The summed E-state index contributed by atoms with van der Waals surface area (Å²) < 4.78 is 11.5. The highest BCUT2D eigenvalue weighted by Gasteiger charge is 2.11. The fourth-order valence-electron chi connectivity index (χ4n) is 2.95. The van der Waals surface area contributed by atoms with Gasteiger partial charge in [0.05, 0.1) is 18.1 Å². The van der Waals surface area contributed by atoms with Crippen LogP contribution in [0.2, 0.25) is 0 Å². The van der Waals surface area contributed by atoms with Crippen LogP contribution >= 0.6 is 0 Å². The Kier molecular flexibility index (Phi) is 4.32. The van der Waals surface area contributed by atoms with Crippen molar-refractivity contribution in [3.05, 3.63) is 77.9 Å². The summed E-state index contributed by atoms with van der Waals surface area (Å²) in [7, 11) is 1.65. The van der Waals surface area contributed by atoms with Crippen LogP contribution in [0.4, 0.5) is 0 Å². The third-order valence-corrected chi connectivity index (χ3v) is 4.47. The number of nitrogens with one attached hydrogen (secondary N) is 1. The van der Waals surface area contributed by atoms with E-state index in [9.17, 15) is 0 Å². The van der Waals surface area contributed by atoms with Crippen LogP contribution in [-0.2, 0) is 6.61 Å². The molecule has 0 saturated heterocycles. The fraction of sp³-hybridized carbons (Fsp3) is 0.136. The predicted molar refractivity (Wildman–Crippen MR) is 104 cm³/mol. The van der Waals surface area contributed by atoms with Crippen LogP contribution in [0.25, 0.3) is 22.4 Å². The van der Waals surface area contributed by atoms with Crippen molar-refractivity contribution in [2.75, 3.05) is 7.11 Å². The van der Waals surface area contributed by atoms with Crippen molar-refractivity contribution >= 4 is 11.0 Å². The van der Waals surface area contributed by atoms with Gasteiger partial charge in [-0.25, -0.2) is 4.98 Å². The van der Waals surface area contributed by atoms with E-state index in [0.717, 1.165) is 33.7 Å². The molecule has 0 aliphatic carbocycles. The smallest absolute Gasteiger partial charge is 0.161 e. The summed E-state index contributed by atoms with van der Waals surface area (Å²) in [6.07, 6.45) is 0. The van der Waals surface area contributed by atoms with Gasteiger partial charge < -0.3 is 14.5 Å². The van der Waals surface area contributed by atoms with Crippen LogP contribution in [0.3, 0.4) is 0 Å². The number of aromatic amines is 1. The number of methoxy groups -OCH3 is 1. The molecule has 0 unspecified atom stereocenters. The lowest BCUT2D eigenvalue weighted by Crippen LogP contribution is -1.99. The quantitative estimate of drug-likeness (QED) is 0.546. The molecule has 0 atom stereocenters. The van der Waals surface area contributed by atoms with Gasteiger partial charge in [0.15, 0.2) is 11.5 Å². The van der Waals surface area contributed by atoms with E-state index in [1.807, 2.05) is 54.6 Å². The van der Waals surface area contributed by atoms with Gasteiger partial charge in [0.1, 0.15) is 12.4 Å². The summed E-state index contributed by atoms with van der Waals surface area (Å²) in [5.41, 5.74) is 5.30. The largest absolute Gasteiger partial charge is 0.493 e. The third kappa shape index (κ3) is 3.14. The Bertz CT molecular complexity index is 1020. The first-order chi connectivity index (χ1) is 12.7. The molecule has 0 amide bonds. The number of fused-ring (bicyclic) bond motifs is 1. The van der Waals surface area contributed by atoms with Gasteiger partial charge in [-0.1, -0.05) is 36.4 Å². The zero-order chi connectivity index (χ0) is 17.9. The van der Waals surface area contributed by atoms with E-state index in [1.165, 1.54) is 5.56 Å². The number of aryl methyl sites for hydroxylation is 1. The van der Waals surface area contributed by atoms with E-state index in [0.29, 0.717) is 12.4 Å². The number of hydrogen-bond acceptors (Lipinski definition) is 3. The minimum atomic E-state index is 0.507. The Morgan fingerprint density at radius 2 is 1.73 bits per heavy atom. The summed E-state index contributed by atoms with van der Waals surface area (Å²) in [5, 5.41) is 0. The molecule has 1 heterocycles. The molecule has 130 valence electrons. The van der Waals surface area contributed by atoms with Crippen molar-refractivity contribution < 1.29 is 9.47 Å². The van der Waals surface area contributed by atoms with E-state index >= 15 is 0 Å². The van der Waals surface area contributed by atoms with Gasteiger partial charge in [-0.3, -0.25) is 0 Å². The third-order valence-electron chi connectivity index (χ3n) is 4.47. The maximum atomic E-state index is 5.99. The number of rotatable bonds is 5. The van der Waals surface area contributed by atoms with Crippen molar-refractivity contribution in [1.82, 2.24) is 9.97 Å². The van der Waals surface area contributed by atoms with Crippen LogP contribution in [-0.4, -0.2) is 17.1 Å². The number of hydrogen-bond donors (Lipinski definition) is 1. The molecule has 0 saturated carbocycles.